The third kappa shape index (κ3) is 3.97. The normalized spacial score (nSPS) is 17.3. The summed E-state index contributed by atoms with van der Waals surface area (Å²) < 4.78 is 186. The van der Waals surface area contributed by atoms with E-state index >= 15 is 0 Å². The van der Waals surface area contributed by atoms with Gasteiger partial charge >= 0.3 is 0 Å². The van der Waals surface area contributed by atoms with Gasteiger partial charge in [0.15, 0.2) is 0 Å². The van der Waals surface area contributed by atoms with Crippen molar-refractivity contribution in [2.75, 3.05) is 0 Å². The zero-order valence-corrected chi connectivity index (χ0v) is 26.6. The van der Waals surface area contributed by atoms with Crippen LogP contribution in [0.3, 0.4) is 0 Å². The summed E-state index contributed by atoms with van der Waals surface area (Å²) in [5, 5.41) is 9.82. The maximum absolute atomic E-state index is 12.1. The van der Waals surface area contributed by atoms with Crippen LogP contribution in [-0.2, 0) is 0 Å². The third-order valence-electron chi connectivity index (χ3n) is 9.29. The second-order valence-corrected chi connectivity index (χ2v) is 12.0. The van der Waals surface area contributed by atoms with Crippen molar-refractivity contribution in [1.82, 2.24) is 13.7 Å². The molecule has 3 heterocycles. The van der Waals surface area contributed by atoms with Gasteiger partial charge in [0.05, 0.1) is 77.3 Å². The van der Waals surface area contributed by atoms with E-state index in [9.17, 15) is 17.4 Å². The molecular formula is C48H31N3O. The van der Waals surface area contributed by atoms with Crippen molar-refractivity contribution >= 4 is 65.4 Å². The predicted molar refractivity (Wildman–Crippen MR) is 217 cm³/mol. The van der Waals surface area contributed by atoms with Gasteiger partial charge in [-0.2, -0.15) is 0 Å². The molecule has 8 aromatic carbocycles. The van der Waals surface area contributed by atoms with E-state index in [4.69, 9.17) is 15.1 Å². The molecule has 0 atom stereocenters. The maximum Gasteiger partial charge on any atom is 0.125 e. The zero-order valence-electron chi connectivity index (χ0n) is 46.6. The summed E-state index contributed by atoms with van der Waals surface area (Å²) in [6, 6.07) is 2.05. The smallest absolute Gasteiger partial charge is 0.125 e. The first-order chi connectivity index (χ1) is 34.1. The standard InChI is InChI=1S/C48H31N3O/c52-46-29-28-45(51-40-22-10-5-17-34(40)35-18-6-11-23-41(35)51)48-47(46)37-20-8-13-25-43(37)49(48)32-26-27-44-38(30-32)36-19-7-12-24-42(36)50(44)39-21-9-4-16-33(39)31-14-2-1-3-15-31/h1-30,52H/i5D,6D,7D,8D,10D,11D,12D,13D,17D,18D,19D,20D,22D,23D,24D,26D,27D,28D,29D,30D. The minimum absolute atomic E-state index is 0.167. The maximum atomic E-state index is 12.1. The number of para-hydroxylation sites is 5. The van der Waals surface area contributed by atoms with E-state index < -0.39 is 171 Å². The first-order valence-corrected chi connectivity index (χ1v) is 16.1. The number of hydrogen-bond acceptors (Lipinski definition) is 1. The minimum Gasteiger partial charge on any atom is -0.507 e. The molecule has 0 radical (unpaired) electrons. The molecule has 1 N–H and O–H groups in total. The summed E-state index contributed by atoms with van der Waals surface area (Å²) in [7, 11) is 0. The summed E-state index contributed by atoms with van der Waals surface area (Å²) in [6.45, 7) is 0. The second kappa shape index (κ2) is 11.0. The van der Waals surface area contributed by atoms with Crippen LogP contribution in [0.2, 0.25) is 0 Å². The average molecular weight is 686 g/mol. The van der Waals surface area contributed by atoms with Gasteiger partial charge in [-0.1, -0.05) is 121 Å². The molecule has 11 aromatic rings. The van der Waals surface area contributed by atoms with Crippen LogP contribution < -0.4 is 0 Å². The van der Waals surface area contributed by atoms with Gasteiger partial charge < -0.3 is 18.8 Å². The number of rotatable bonds is 4. The van der Waals surface area contributed by atoms with E-state index in [1.807, 2.05) is 12.1 Å². The Morgan fingerprint density at radius 2 is 1.00 bits per heavy atom. The molecule has 4 nitrogen and oxygen atoms in total. The van der Waals surface area contributed by atoms with Crippen molar-refractivity contribution in [2.45, 2.75) is 0 Å². The molecule has 0 bridgehead atoms. The number of nitrogens with zero attached hydrogens (tertiary/aromatic N) is 3. The van der Waals surface area contributed by atoms with Gasteiger partial charge in [-0.05, 0) is 66.0 Å². The first kappa shape index (κ1) is 15.5. The Kier molecular flexibility index (Phi) is 3.26. The van der Waals surface area contributed by atoms with Crippen molar-refractivity contribution in [3.63, 3.8) is 0 Å². The molecule has 11 rings (SSSR count). The van der Waals surface area contributed by atoms with Gasteiger partial charge in [0.2, 0.25) is 0 Å². The Morgan fingerprint density at radius 3 is 1.73 bits per heavy atom. The minimum atomic E-state index is -0.994. The SMILES string of the molecule is [2H]c1cc2c(c([2H])c1[2H])c1c(O)c([2H])c([2H])c(-n3c4c([2H])c([2H])c([2H])c([2H])c4c4c([2H])c([2H])c([2H])c([2H])c43)c1n2-c1c([2H])c([2H])c2c(c1[2H])c1c([2H])c([2H])c([2H])c([2H])c1n2-c1ccccc1-c1ccccc1. The molecule has 52 heavy (non-hydrogen) atoms. The molecule has 4 heteroatoms. The summed E-state index contributed by atoms with van der Waals surface area (Å²) >= 11 is 0. The lowest BCUT2D eigenvalue weighted by atomic mass is 10.0. The van der Waals surface area contributed by atoms with Gasteiger partial charge in [-0.3, -0.25) is 0 Å². The lowest BCUT2D eigenvalue weighted by Crippen LogP contribution is -2.01. The molecule has 0 aliphatic rings. The van der Waals surface area contributed by atoms with Gasteiger partial charge in [-0.25, -0.2) is 0 Å². The number of aromatic nitrogens is 3. The summed E-state index contributed by atoms with van der Waals surface area (Å²) in [4.78, 5) is 0. The molecule has 0 spiro atoms. The highest BCUT2D eigenvalue weighted by molar-refractivity contribution is 6.17. The van der Waals surface area contributed by atoms with Crippen molar-refractivity contribution in [3.8, 4) is 33.9 Å². The molecule has 0 aliphatic carbocycles. The van der Waals surface area contributed by atoms with Crippen LogP contribution in [0, 0.1) is 0 Å². The highest BCUT2D eigenvalue weighted by Crippen LogP contribution is 2.44. The van der Waals surface area contributed by atoms with Crippen molar-refractivity contribution < 1.29 is 32.5 Å². The van der Waals surface area contributed by atoms with Crippen molar-refractivity contribution in [2.24, 2.45) is 0 Å². The van der Waals surface area contributed by atoms with Crippen LogP contribution in [0.4, 0.5) is 0 Å². The van der Waals surface area contributed by atoms with E-state index in [1.54, 1.807) is 42.5 Å². The predicted octanol–water partition coefficient (Wildman–Crippen LogP) is 12.4. The van der Waals surface area contributed by atoms with Crippen LogP contribution in [0.25, 0.3) is 93.6 Å². The lowest BCUT2D eigenvalue weighted by molar-refractivity contribution is 0.482. The highest BCUT2D eigenvalue weighted by atomic mass is 16.3. The quantitative estimate of drug-likeness (QED) is 0.197. The number of fused-ring (bicyclic) bond motifs is 9. The van der Waals surface area contributed by atoms with Crippen molar-refractivity contribution in [1.29, 1.82) is 0 Å². The number of phenolic OH excluding ortho intramolecular Hbond substituents is 1. The Hall–Kier alpha value is -7.04. The molecular weight excluding hydrogens is 635 g/mol. The van der Waals surface area contributed by atoms with E-state index in [1.165, 1.54) is 4.57 Å². The fourth-order valence-corrected chi connectivity index (χ4v) is 7.18. The fraction of sp³-hybridized carbons (Fsp3) is 0. The molecule has 3 aromatic heterocycles. The fourth-order valence-electron chi connectivity index (χ4n) is 7.18. The highest BCUT2D eigenvalue weighted by Gasteiger charge is 2.23. The van der Waals surface area contributed by atoms with E-state index in [2.05, 4.69) is 0 Å². The number of phenols is 1. The largest absolute Gasteiger partial charge is 0.507 e. The number of hydrogen-bond donors (Lipinski definition) is 1. The van der Waals surface area contributed by atoms with Crippen LogP contribution in [0.1, 0.15) is 27.4 Å². The molecule has 0 amide bonds. The van der Waals surface area contributed by atoms with Gasteiger partial charge in [-0.15, -0.1) is 0 Å². The number of benzene rings is 8. The van der Waals surface area contributed by atoms with Crippen LogP contribution >= 0.6 is 0 Å². The van der Waals surface area contributed by atoms with Gasteiger partial charge in [0.25, 0.3) is 0 Å². The third-order valence-corrected chi connectivity index (χ3v) is 9.29. The molecule has 0 aliphatic heterocycles. The summed E-state index contributed by atoms with van der Waals surface area (Å²) in [5.74, 6) is -0.994. The monoisotopic (exact) mass is 685 g/mol. The van der Waals surface area contributed by atoms with Gasteiger partial charge in [0, 0.05) is 38.2 Å². The Bertz CT molecular complexity index is 4270. The zero-order chi connectivity index (χ0) is 51.7. The molecule has 0 saturated carbocycles. The topological polar surface area (TPSA) is 35.0 Å². The van der Waals surface area contributed by atoms with E-state index in [0.717, 1.165) is 15.2 Å². The Labute approximate surface area is 327 Å². The van der Waals surface area contributed by atoms with Crippen LogP contribution in [0.15, 0.2) is 182 Å². The van der Waals surface area contributed by atoms with Crippen LogP contribution in [-0.4, -0.2) is 18.8 Å². The summed E-state index contributed by atoms with van der Waals surface area (Å²) in [6.07, 6.45) is 0. The van der Waals surface area contributed by atoms with E-state index in [0.29, 0.717) is 16.8 Å². The Balaban J connectivity index is 1.44. The average Bonchev–Trinajstić information content (AvgIpc) is 4.03. The number of aromatic hydroxyl groups is 1. The van der Waals surface area contributed by atoms with Crippen molar-refractivity contribution in [3.05, 3.63) is 182 Å². The first-order valence-electron chi connectivity index (χ1n) is 26.1. The van der Waals surface area contributed by atoms with Crippen LogP contribution in [0.5, 0.6) is 5.75 Å². The van der Waals surface area contributed by atoms with Gasteiger partial charge in [0.1, 0.15) is 5.75 Å². The molecule has 0 fully saturated rings. The Morgan fingerprint density at radius 1 is 0.423 bits per heavy atom. The molecule has 244 valence electrons. The van der Waals surface area contributed by atoms with E-state index in [-0.39, 0.29) is 32.7 Å². The lowest BCUT2D eigenvalue weighted by Gasteiger charge is -2.16. The molecule has 0 unspecified atom stereocenters. The second-order valence-electron chi connectivity index (χ2n) is 12.0. The summed E-state index contributed by atoms with van der Waals surface area (Å²) in [5.41, 5.74) is -1.96. The molecule has 0 saturated heterocycles.